The van der Waals surface area contributed by atoms with Crippen molar-refractivity contribution < 1.29 is 42.0 Å². The number of nitrogen functional groups attached to an aromatic ring is 1. The number of carboxylic acids is 1. The number of ether oxygens (including phenoxy) is 1. The van der Waals surface area contributed by atoms with E-state index in [-0.39, 0.29) is 21.1 Å². The summed E-state index contributed by atoms with van der Waals surface area (Å²) in [5, 5.41) is 28.3. The molecule has 2 aliphatic heterocycles. The van der Waals surface area contributed by atoms with Gasteiger partial charge in [0.15, 0.2) is 16.8 Å². The molecule has 0 spiro atoms. The molecule has 2 aliphatic rings. The molecule has 1 fully saturated rings. The number of benzene rings is 1. The number of fused-ring (bicyclic) bond motifs is 1. The van der Waals surface area contributed by atoms with Crippen molar-refractivity contribution in [3.05, 3.63) is 40.4 Å². The number of nitrogens with one attached hydrogen (secondary N) is 3. The SMILES string of the molecule is CC1C(NC(=O)/C(=N\OC(COc2ccc3c(c2)CN(C(=N)NCCCN)C3)C(=O)O)c2csc(N)n2)C(=O)N1S(=O)(=O)O. The van der Waals surface area contributed by atoms with E-state index in [0.717, 1.165) is 28.9 Å². The number of amides is 2. The molecule has 238 valence electrons. The Labute approximate surface area is 255 Å². The summed E-state index contributed by atoms with van der Waals surface area (Å²) in [5.74, 6) is -2.96. The largest absolute Gasteiger partial charge is 0.489 e. The first kappa shape index (κ1) is 32.4. The Morgan fingerprint density at radius 1 is 1.32 bits per heavy atom. The van der Waals surface area contributed by atoms with Crippen LogP contribution in [0.1, 0.15) is 30.2 Å². The topological polar surface area (TPSA) is 276 Å². The van der Waals surface area contributed by atoms with Gasteiger partial charge in [-0.15, -0.1) is 11.3 Å². The summed E-state index contributed by atoms with van der Waals surface area (Å²) >= 11 is 0.954. The van der Waals surface area contributed by atoms with Gasteiger partial charge in [0.25, 0.3) is 17.9 Å². The molecule has 0 saturated carbocycles. The van der Waals surface area contributed by atoms with E-state index >= 15 is 0 Å². The molecule has 20 heteroatoms. The van der Waals surface area contributed by atoms with Crippen LogP contribution in [0.5, 0.6) is 5.75 Å². The van der Waals surface area contributed by atoms with Crippen molar-refractivity contribution in [2.24, 2.45) is 10.9 Å². The Morgan fingerprint density at radius 2 is 2.05 bits per heavy atom. The van der Waals surface area contributed by atoms with E-state index in [2.05, 4.69) is 20.8 Å². The number of thiazole rings is 1. The molecule has 3 unspecified atom stereocenters. The van der Waals surface area contributed by atoms with E-state index in [1.807, 2.05) is 11.0 Å². The molecule has 0 radical (unpaired) electrons. The number of aromatic nitrogens is 1. The number of anilines is 1. The van der Waals surface area contributed by atoms with E-state index in [0.29, 0.717) is 31.9 Å². The first-order valence-electron chi connectivity index (χ1n) is 13.1. The first-order chi connectivity index (χ1) is 20.8. The van der Waals surface area contributed by atoms with Gasteiger partial charge >= 0.3 is 16.3 Å². The van der Waals surface area contributed by atoms with Crippen LogP contribution in [0.25, 0.3) is 0 Å². The number of nitrogens with two attached hydrogens (primary N) is 2. The van der Waals surface area contributed by atoms with Crippen LogP contribution >= 0.6 is 11.3 Å². The van der Waals surface area contributed by atoms with E-state index in [9.17, 15) is 32.5 Å². The quantitative estimate of drug-likeness (QED) is 0.0330. The lowest BCUT2D eigenvalue weighted by Crippen LogP contribution is -2.71. The van der Waals surface area contributed by atoms with E-state index in [4.69, 9.17) is 26.5 Å². The molecule has 1 aromatic carbocycles. The maximum absolute atomic E-state index is 13.0. The number of aliphatic carboxylic acids is 1. The summed E-state index contributed by atoms with van der Waals surface area (Å²) < 4.78 is 37.8. The summed E-state index contributed by atoms with van der Waals surface area (Å²) in [6.07, 6.45) is -0.949. The highest BCUT2D eigenvalue weighted by Crippen LogP contribution is 2.27. The second-order valence-electron chi connectivity index (χ2n) is 9.76. The fourth-order valence-corrected chi connectivity index (χ4v) is 5.82. The van der Waals surface area contributed by atoms with Crippen molar-refractivity contribution in [1.29, 1.82) is 5.41 Å². The van der Waals surface area contributed by atoms with Gasteiger partial charge in [0, 0.05) is 25.0 Å². The molecule has 3 atom stereocenters. The van der Waals surface area contributed by atoms with E-state index in [1.54, 1.807) is 12.1 Å². The third kappa shape index (κ3) is 7.33. The summed E-state index contributed by atoms with van der Waals surface area (Å²) in [5.41, 5.74) is 12.4. The van der Waals surface area contributed by atoms with Crippen molar-refractivity contribution in [3.63, 3.8) is 0 Å². The number of rotatable bonds is 13. The molecule has 4 rings (SSSR count). The third-order valence-corrected chi connectivity index (χ3v) is 8.37. The molecular weight excluding hydrogens is 622 g/mol. The number of guanidine groups is 1. The van der Waals surface area contributed by atoms with Gasteiger partial charge < -0.3 is 41.7 Å². The number of oxime groups is 1. The minimum Gasteiger partial charge on any atom is -0.489 e. The molecular formula is C24H31N9O9S2. The monoisotopic (exact) mass is 653 g/mol. The van der Waals surface area contributed by atoms with Gasteiger partial charge in [0.1, 0.15) is 24.1 Å². The minimum absolute atomic E-state index is 0.0564. The van der Waals surface area contributed by atoms with Crippen LogP contribution in [-0.4, -0.2) is 99.6 Å². The van der Waals surface area contributed by atoms with E-state index < -0.39 is 58.6 Å². The van der Waals surface area contributed by atoms with Crippen LogP contribution in [0, 0.1) is 5.41 Å². The minimum atomic E-state index is -4.82. The Bertz CT molecular complexity index is 1580. The van der Waals surface area contributed by atoms with Gasteiger partial charge in [-0.2, -0.15) is 8.42 Å². The molecule has 18 nitrogen and oxygen atoms in total. The number of β-lactam (4-membered cyclic amide) rings is 1. The maximum atomic E-state index is 13.0. The predicted octanol–water partition coefficient (Wildman–Crippen LogP) is -1.31. The molecule has 2 amide bonds. The van der Waals surface area contributed by atoms with Gasteiger partial charge in [0.05, 0.1) is 6.04 Å². The lowest BCUT2D eigenvalue weighted by Gasteiger charge is -2.42. The summed E-state index contributed by atoms with van der Waals surface area (Å²) in [6.45, 7) is 2.84. The van der Waals surface area contributed by atoms with Crippen molar-refractivity contribution in [1.82, 2.24) is 24.8 Å². The number of hydrogen-bond donors (Lipinski definition) is 7. The molecule has 0 bridgehead atoms. The van der Waals surface area contributed by atoms with Crippen LogP contribution in [0.2, 0.25) is 0 Å². The zero-order valence-corrected chi connectivity index (χ0v) is 24.9. The lowest BCUT2D eigenvalue weighted by atomic mass is 10.0. The fraction of sp³-hybridized carbons (Fsp3) is 0.417. The molecule has 1 saturated heterocycles. The van der Waals surface area contributed by atoms with Crippen LogP contribution in [0.4, 0.5) is 5.13 Å². The van der Waals surface area contributed by atoms with Crippen LogP contribution in [0.3, 0.4) is 0 Å². The van der Waals surface area contributed by atoms with Crippen molar-refractivity contribution >= 4 is 56.2 Å². The van der Waals surface area contributed by atoms with Crippen molar-refractivity contribution in [2.75, 3.05) is 25.4 Å². The Hall–Kier alpha value is -4.53. The van der Waals surface area contributed by atoms with E-state index in [1.165, 1.54) is 12.3 Å². The average Bonchev–Trinajstić information content (AvgIpc) is 3.58. The Morgan fingerprint density at radius 3 is 2.66 bits per heavy atom. The Balaban J connectivity index is 1.42. The molecule has 2 aromatic rings. The Kier molecular flexibility index (Phi) is 9.87. The zero-order chi connectivity index (χ0) is 32.2. The van der Waals surface area contributed by atoms with Gasteiger partial charge in [-0.3, -0.25) is 19.6 Å². The van der Waals surface area contributed by atoms with Crippen LogP contribution in [-0.2, 0) is 42.6 Å². The summed E-state index contributed by atoms with van der Waals surface area (Å²) in [6, 6.07) is 2.76. The number of carbonyl (C=O) groups is 3. The second-order valence-corrected chi connectivity index (χ2v) is 11.9. The predicted molar refractivity (Wildman–Crippen MR) is 156 cm³/mol. The first-order valence-corrected chi connectivity index (χ1v) is 15.4. The van der Waals surface area contributed by atoms with Crippen molar-refractivity contribution in [2.45, 2.75) is 44.6 Å². The average molecular weight is 654 g/mol. The number of hydrogen-bond acceptors (Lipinski definition) is 13. The molecule has 0 aliphatic carbocycles. The van der Waals surface area contributed by atoms with Gasteiger partial charge in [-0.05, 0) is 43.1 Å². The number of nitrogens with zero attached hydrogens (tertiary/aromatic N) is 4. The second kappa shape index (κ2) is 13.4. The number of carboxylic acid groups (broad SMARTS) is 1. The normalized spacial score (nSPS) is 18.7. The third-order valence-electron chi connectivity index (χ3n) is 6.69. The standard InChI is InChI=1S/C24H31N9O9S2/c1-12-18(21(35)33(12)44(38,39)40)30-20(34)19(16-11-43-24(27)29-16)31-42-17(22(36)37)10-41-15-4-3-13-8-32(9-14(13)7-15)23(26)28-6-2-5-25/h3-4,7,11-12,17-18H,2,5-6,8-10,25H2,1H3,(H2,26,28)(H2,27,29)(H,30,34)(H,36,37)(H,38,39,40)/b31-19-. The van der Waals surface area contributed by atoms with Crippen LogP contribution < -0.4 is 26.8 Å². The lowest BCUT2D eigenvalue weighted by molar-refractivity contribution is -0.152. The van der Waals surface area contributed by atoms with Gasteiger partial charge in [-0.1, -0.05) is 11.2 Å². The highest BCUT2D eigenvalue weighted by atomic mass is 32.2. The van der Waals surface area contributed by atoms with Crippen LogP contribution in [0.15, 0.2) is 28.7 Å². The molecule has 9 N–H and O–H groups in total. The highest BCUT2D eigenvalue weighted by molar-refractivity contribution is 7.84. The fourth-order valence-electron chi connectivity index (χ4n) is 4.39. The summed E-state index contributed by atoms with van der Waals surface area (Å²) in [4.78, 5) is 48.1. The molecule has 44 heavy (non-hydrogen) atoms. The zero-order valence-electron chi connectivity index (χ0n) is 23.3. The van der Waals surface area contributed by atoms with Gasteiger partial charge in [0.2, 0.25) is 0 Å². The summed E-state index contributed by atoms with van der Waals surface area (Å²) in [7, 11) is -4.82. The smallest absolute Gasteiger partial charge is 0.362 e. The molecule has 1 aromatic heterocycles. The molecule has 3 heterocycles. The highest BCUT2D eigenvalue weighted by Gasteiger charge is 2.51. The number of carbonyl (C=O) groups excluding carboxylic acids is 2. The van der Waals surface area contributed by atoms with Gasteiger partial charge in [-0.25, -0.2) is 14.1 Å². The van der Waals surface area contributed by atoms with Crippen molar-refractivity contribution in [3.8, 4) is 5.75 Å². The maximum Gasteiger partial charge on any atom is 0.362 e.